The zero-order chi connectivity index (χ0) is 33.8. The van der Waals surface area contributed by atoms with Gasteiger partial charge in [0.25, 0.3) is 0 Å². The Morgan fingerprint density at radius 3 is 1.61 bits per heavy atom. The summed E-state index contributed by atoms with van der Waals surface area (Å²) in [5.74, 6) is 2.53. The van der Waals surface area contributed by atoms with Crippen molar-refractivity contribution in [2.45, 2.75) is 37.0 Å². The molecule has 3 unspecified atom stereocenters. The Hall–Kier alpha value is -5.66. The molecule has 51 heavy (non-hydrogen) atoms. The molecule has 3 aliphatic carbocycles. The fourth-order valence-corrected chi connectivity index (χ4v) is 9.98. The molecule has 2 bridgehead atoms. The van der Waals surface area contributed by atoms with E-state index in [4.69, 9.17) is 0 Å². The Kier molecular flexibility index (Phi) is 7.27. The summed E-state index contributed by atoms with van der Waals surface area (Å²) in [5, 5.41) is 0. The summed E-state index contributed by atoms with van der Waals surface area (Å²) < 4.78 is 0. The van der Waals surface area contributed by atoms with Gasteiger partial charge in [-0.1, -0.05) is 152 Å². The molecular formula is C50H41N. The molecule has 3 aliphatic rings. The highest BCUT2D eigenvalue weighted by atomic mass is 15.1. The number of fused-ring (bicyclic) bond motifs is 5. The number of hydrogen-bond acceptors (Lipinski definition) is 1. The molecule has 1 heteroatoms. The molecule has 0 aliphatic heterocycles. The molecule has 0 spiro atoms. The van der Waals surface area contributed by atoms with Crippen molar-refractivity contribution in [3.05, 3.63) is 210 Å². The Bertz CT molecular complexity index is 2270. The first kappa shape index (κ1) is 30.2. The van der Waals surface area contributed by atoms with Crippen LogP contribution >= 0.6 is 0 Å². The minimum Gasteiger partial charge on any atom is -0.310 e. The maximum absolute atomic E-state index is 2.45. The van der Waals surface area contributed by atoms with Crippen LogP contribution in [0.5, 0.6) is 0 Å². The predicted molar refractivity (Wildman–Crippen MR) is 212 cm³/mol. The number of nitrogens with zero attached hydrogens (tertiary/aromatic N) is 1. The summed E-state index contributed by atoms with van der Waals surface area (Å²) in [6.45, 7) is 0. The summed E-state index contributed by atoms with van der Waals surface area (Å²) >= 11 is 0. The zero-order valence-corrected chi connectivity index (χ0v) is 28.8. The van der Waals surface area contributed by atoms with Crippen LogP contribution in [0.3, 0.4) is 0 Å². The van der Waals surface area contributed by atoms with Crippen molar-refractivity contribution in [3.8, 4) is 22.3 Å². The predicted octanol–water partition coefficient (Wildman–Crippen LogP) is 13.1. The van der Waals surface area contributed by atoms with E-state index in [0.29, 0.717) is 0 Å². The van der Waals surface area contributed by atoms with Crippen LogP contribution in [-0.4, -0.2) is 0 Å². The van der Waals surface area contributed by atoms with Gasteiger partial charge in [-0.25, -0.2) is 0 Å². The van der Waals surface area contributed by atoms with E-state index in [-0.39, 0.29) is 0 Å². The van der Waals surface area contributed by atoms with Gasteiger partial charge in [0, 0.05) is 17.1 Å². The molecule has 2 saturated carbocycles. The van der Waals surface area contributed by atoms with Gasteiger partial charge in [-0.15, -0.1) is 0 Å². The fourth-order valence-electron chi connectivity index (χ4n) is 9.98. The zero-order valence-electron chi connectivity index (χ0n) is 28.8. The van der Waals surface area contributed by atoms with Crippen molar-refractivity contribution >= 4 is 17.1 Å². The monoisotopic (exact) mass is 655 g/mol. The van der Waals surface area contributed by atoms with Gasteiger partial charge in [-0.2, -0.15) is 0 Å². The molecule has 10 rings (SSSR count). The van der Waals surface area contributed by atoms with E-state index >= 15 is 0 Å². The van der Waals surface area contributed by atoms with Gasteiger partial charge in [0.15, 0.2) is 0 Å². The van der Waals surface area contributed by atoms with Crippen molar-refractivity contribution in [1.82, 2.24) is 0 Å². The highest BCUT2D eigenvalue weighted by molar-refractivity contribution is 5.90. The minimum absolute atomic E-state index is 0.405. The first-order valence-corrected chi connectivity index (χ1v) is 18.7. The van der Waals surface area contributed by atoms with Crippen LogP contribution in [0.25, 0.3) is 22.3 Å². The Morgan fingerprint density at radius 1 is 0.431 bits per heavy atom. The normalized spacial score (nSPS) is 19.4. The van der Waals surface area contributed by atoms with E-state index in [2.05, 4.69) is 187 Å². The first-order chi connectivity index (χ1) is 25.3. The highest BCUT2D eigenvalue weighted by Crippen LogP contribution is 2.57. The summed E-state index contributed by atoms with van der Waals surface area (Å²) in [5.41, 5.74) is 14.9. The van der Waals surface area contributed by atoms with E-state index in [1.54, 1.807) is 0 Å². The highest BCUT2D eigenvalue weighted by Gasteiger charge is 2.46. The molecule has 1 nitrogen and oxygen atoms in total. The smallest absolute Gasteiger partial charge is 0.0713 e. The number of anilines is 3. The van der Waals surface area contributed by atoms with Gasteiger partial charge >= 0.3 is 0 Å². The maximum Gasteiger partial charge on any atom is 0.0713 e. The molecule has 7 aromatic rings. The maximum atomic E-state index is 2.45. The lowest BCUT2D eigenvalue weighted by atomic mass is 9.68. The summed E-state index contributed by atoms with van der Waals surface area (Å²) in [6.07, 6.45) is 5.63. The standard InChI is InChI=1S/C50H41N/c1-4-12-36(13-5-1)37-22-26-42(27-23-37)51(43-28-24-38(25-29-43)46-33-35-20-21-39(46)32-35)44-30-31-49-47(34-44)45-18-10-11-19-48(45)50(49,40-14-6-2-7-15-40)41-16-8-3-9-17-41/h1-19,22-31,34-35,39,46H,20-21,32-33H2. The molecule has 0 amide bonds. The second-order valence-electron chi connectivity index (χ2n) is 14.9. The van der Waals surface area contributed by atoms with Gasteiger partial charge in [-0.3, -0.25) is 0 Å². The third-order valence-electron chi connectivity index (χ3n) is 12.3. The number of rotatable bonds is 7. The Morgan fingerprint density at radius 2 is 0.980 bits per heavy atom. The number of hydrogen-bond donors (Lipinski definition) is 0. The van der Waals surface area contributed by atoms with Crippen molar-refractivity contribution in [3.63, 3.8) is 0 Å². The Labute approximate surface area is 301 Å². The van der Waals surface area contributed by atoms with Gasteiger partial charge in [0.2, 0.25) is 0 Å². The van der Waals surface area contributed by atoms with Crippen LogP contribution in [0.2, 0.25) is 0 Å². The van der Waals surface area contributed by atoms with E-state index in [9.17, 15) is 0 Å². The van der Waals surface area contributed by atoms with E-state index < -0.39 is 5.41 Å². The second kappa shape index (κ2) is 12.3. The van der Waals surface area contributed by atoms with Crippen molar-refractivity contribution in [2.24, 2.45) is 11.8 Å². The molecule has 0 heterocycles. The van der Waals surface area contributed by atoms with Crippen molar-refractivity contribution < 1.29 is 0 Å². The van der Waals surface area contributed by atoms with Gasteiger partial charge in [-0.05, 0) is 123 Å². The lowest BCUT2D eigenvalue weighted by Gasteiger charge is -2.34. The largest absolute Gasteiger partial charge is 0.310 e. The summed E-state index contributed by atoms with van der Waals surface area (Å²) in [4.78, 5) is 2.45. The molecule has 0 N–H and O–H groups in total. The quantitative estimate of drug-likeness (QED) is 0.165. The third kappa shape index (κ3) is 4.90. The Balaban J connectivity index is 1.13. The fraction of sp³-hybridized carbons (Fsp3) is 0.160. The SMILES string of the molecule is c1ccc(-c2ccc(N(c3ccc(C4CC5CCC4C5)cc3)c3ccc4c(c3)-c3ccccc3C4(c3ccccc3)c3ccccc3)cc2)cc1. The van der Waals surface area contributed by atoms with Crippen LogP contribution < -0.4 is 4.90 Å². The average Bonchev–Trinajstić information content (AvgIpc) is 3.93. The van der Waals surface area contributed by atoms with Crippen LogP contribution in [0.4, 0.5) is 17.1 Å². The molecule has 2 fully saturated rings. The van der Waals surface area contributed by atoms with Crippen LogP contribution in [0, 0.1) is 11.8 Å². The molecule has 0 radical (unpaired) electrons. The van der Waals surface area contributed by atoms with E-state index in [1.165, 1.54) is 87.1 Å². The molecule has 0 aromatic heterocycles. The first-order valence-electron chi connectivity index (χ1n) is 18.7. The molecule has 3 atom stereocenters. The third-order valence-corrected chi connectivity index (χ3v) is 12.3. The minimum atomic E-state index is -0.405. The van der Waals surface area contributed by atoms with Crippen LogP contribution in [-0.2, 0) is 5.41 Å². The van der Waals surface area contributed by atoms with Crippen LogP contribution in [0.1, 0.15) is 59.4 Å². The molecule has 7 aromatic carbocycles. The van der Waals surface area contributed by atoms with Crippen molar-refractivity contribution in [2.75, 3.05) is 4.90 Å². The molecule has 0 saturated heterocycles. The molecule has 246 valence electrons. The lowest BCUT2D eigenvalue weighted by molar-refractivity contribution is 0.420. The van der Waals surface area contributed by atoms with Gasteiger partial charge < -0.3 is 4.90 Å². The van der Waals surface area contributed by atoms with E-state index in [0.717, 1.165) is 23.4 Å². The van der Waals surface area contributed by atoms with Gasteiger partial charge in [0.1, 0.15) is 0 Å². The summed E-state index contributed by atoms with van der Waals surface area (Å²) in [7, 11) is 0. The lowest BCUT2D eigenvalue weighted by Crippen LogP contribution is -2.28. The number of benzene rings is 7. The van der Waals surface area contributed by atoms with Crippen molar-refractivity contribution in [1.29, 1.82) is 0 Å². The second-order valence-corrected chi connectivity index (χ2v) is 14.9. The summed E-state index contributed by atoms with van der Waals surface area (Å²) in [6, 6.07) is 67.7. The van der Waals surface area contributed by atoms with E-state index in [1.807, 2.05) is 0 Å². The van der Waals surface area contributed by atoms with Crippen LogP contribution in [0.15, 0.2) is 182 Å². The topological polar surface area (TPSA) is 3.24 Å². The average molecular weight is 656 g/mol. The molecular weight excluding hydrogens is 615 g/mol. The van der Waals surface area contributed by atoms with Gasteiger partial charge in [0.05, 0.1) is 5.41 Å².